The first-order valence-electron chi connectivity index (χ1n) is 7.35. The zero-order chi connectivity index (χ0) is 16.7. The average Bonchev–Trinajstić information content (AvgIpc) is 3.09. The van der Waals surface area contributed by atoms with Crippen molar-refractivity contribution in [2.75, 3.05) is 13.1 Å². The van der Waals surface area contributed by atoms with Crippen LogP contribution in [0.1, 0.15) is 18.2 Å². The number of furan rings is 1. The van der Waals surface area contributed by atoms with Crippen LogP contribution in [0.5, 0.6) is 0 Å². The highest BCUT2D eigenvalue weighted by Gasteiger charge is 2.27. The number of hydrogen-bond acceptors (Lipinski definition) is 4. The Kier molecular flexibility index (Phi) is 5.54. The summed E-state index contributed by atoms with van der Waals surface area (Å²) in [7, 11) is 0. The standard InChI is InChI=1S/C17H20N2O4/c1-17(22,14-8-5-11-23-14)12-19-16(21)15(20)18-10-9-13-6-3-2-4-7-13/h2-8,11,22H,9-10,12H2,1H3,(H,18,20)(H,19,21)/t17-/m0/s1. The molecule has 0 fully saturated rings. The number of amides is 2. The van der Waals surface area contributed by atoms with Crippen LogP contribution < -0.4 is 10.6 Å². The van der Waals surface area contributed by atoms with Gasteiger partial charge in [0.05, 0.1) is 12.8 Å². The molecule has 3 N–H and O–H groups in total. The fourth-order valence-electron chi connectivity index (χ4n) is 2.05. The number of aliphatic hydroxyl groups is 1. The Morgan fingerprint density at radius 1 is 1.09 bits per heavy atom. The quantitative estimate of drug-likeness (QED) is 0.692. The maximum Gasteiger partial charge on any atom is 0.309 e. The SMILES string of the molecule is C[C@](O)(CNC(=O)C(=O)NCCc1ccccc1)c1ccco1. The van der Waals surface area contributed by atoms with Gasteiger partial charge in [-0.15, -0.1) is 0 Å². The molecule has 2 rings (SSSR count). The monoisotopic (exact) mass is 316 g/mol. The van der Waals surface area contributed by atoms with E-state index in [9.17, 15) is 14.7 Å². The first-order valence-corrected chi connectivity index (χ1v) is 7.35. The van der Waals surface area contributed by atoms with E-state index in [-0.39, 0.29) is 6.54 Å². The minimum absolute atomic E-state index is 0.120. The molecule has 0 bridgehead atoms. The van der Waals surface area contributed by atoms with Crippen molar-refractivity contribution in [1.82, 2.24) is 10.6 Å². The summed E-state index contributed by atoms with van der Waals surface area (Å²) in [6.07, 6.45) is 2.08. The minimum Gasteiger partial charge on any atom is -0.466 e. The van der Waals surface area contributed by atoms with E-state index < -0.39 is 17.4 Å². The van der Waals surface area contributed by atoms with Crippen LogP contribution in [0.4, 0.5) is 0 Å². The van der Waals surface area contributed by atoms with E-state index in [1.165, 1.54) is 13.2 Å². The van der Waals surface area contributed by atoms with Crippen LogP contribution in [0.15, 0.2) is 53.1 Å². The molecule has 1 aromatic carbocycles. The van der Waals surface area contributed by atoms with Crippen molar-refractivity contribution in [3.05, 3.63) is 60.1 Å². The van der Waals surface area contributed by atoms with E-state index in [4.69, 9.17) is 4.42 Å². The molecule has 0 saturated heterocycles. The number of carbonyl (C=O) groups is 2. The fraction of sp³-hybridized carbons (Fsp3) is 0.294. The maximum atomic E-state index is 11.7. The molecule has 0 aliphatic carbocycles. The predicted molar refractivity (Wildman–Crippen MR) is 84.4 cm³/mol. The van der Waals surface area contributed by atoms with Gasteiger partial charge < -0.3 is 20.2 Å². The third kappa shape index (κ3) is 4.96. The van der Waals surface area contributed by atoms with Crippen molar-refractivity contribution in [2.45, 2.75) is 18.9 Å². The summed E-state index contributed by atoms with van der Waals surface area (Å²) in [5, 5.41) is 15.1. The second kappa shape index (κ2) is 7.60. The van der Waals surface area contributed by atoms with Crippen LogP contribution in [0.2, 0.25) is 0 Å². The van der Waals surface area contributed by atoms with Gasteiger partial charge in [-0.3, -0.25) is 9.59 Å². The number of nitrogens with one attached hydrogen (secondary N) is 2. The van der Waals surface area contributed by atoms with E-state index >= 15 is 0 Å². The lowest BCUT2D eigenvalue weighted by atomic mass is 10.0. The van der Waals surface area contributed by atoms with Gasteiger partial charge in [-0.2, -0.15) is 0 Å². The van der Waals surface area contributed by atoms with Crippen molar-refractivity contribution < 1.29 is 19.1 Å². The fourth-order valence-corrected chi connectivity index (χ4v) is 2.05. The Morgan fingerprint density at radius 2 is 1.78 bits per heavy atom. The first kappa shape index (κ1) is 16.8. The van der Waals surface area contributed by atoms with Crippen LogP contribution in [0.3, 0.4) is 0 Å². The highest BCUT2D eigenvalue weighted by molar-refractivity contribution is 6.35. The summed E-state index contributed by atoms with van der Waals surface area (Å²) in [4.78, 5) is 23.4. The Hall–Kier alpha value is -2.60. The second-order valence-corrected chi connectivity index (χ2v) is 5.43. The van der Waals surface area contributed by atoms with E-state index in [1.54, 1.807) is 12.1 Å². The largest absolute Gasteiger partial charge is 0.466 e. The van der Waals surface area contributed by atoms with Gasteiger partial charge in [-0.05, 0) is 31.0 Å². The van der Waals surface area contributed by atoms with Crippen molar-refractivity contribution in [3.8, 4) is 0 Å². The second-order valence-electron chi connectivity index (χ2n) is 5.43. The molecule has 0 aliphatic rings. The van der Waals surface area contributed by atoms with Crippen LogP contribution >= 0.6 is 0 Å². The molecular formula is C17H20N2O4. The lowest BCUT2D eigenvalue weighted by Gasteiger charge is -2.20. The number of carbonyl (C=O) groups excluding carboxylic acids is 2. The third-order valence-corrected chi connectivity index (χ3v) is 3.39. The van der Waals surface area contributed by atoms with Gasteiger partial charge in [-0.1, -0.05) is 30.3 Å². The molecule has 1 aromatic heterocycles. The van der Waals surface area contributed by atoms with E-state index in [1.807, 2.05) is 30.3 Å². The zero-order valence-corrected chi connectivity index (χ0v) is 12.9. The zero-order valence-electron chi connectivity index (χ0n) is 12.9. The molecule has 0 saturated carbocycles. The predicted octanol–water partition coefficient (Wildman–Crippen LogP) is 0.962. The van der Waals surface area contributed by atoms with E-state index in [0.717, 1.165) is 5.56 Å². The Morgan fingerprint density at radius 3 is 2.43 bits per heavy atom. The summed E-state index contributed by atoms with van der Waals surface area (Å²) >= 11 is 0. The van der Waals surface area contributed by atoms with Gasteiger partial charge in [0.2, 0.25) is 0 Å². The summed E-state index contributed by atoms with van der Waals surface area (Å²) in [5.74, 6) is -1.19. The Bertz CT molecular complexity index is 636. The van der Waals surface area contributed by atoms with Crippen molar-refractivity contribution >= 4 is 11.8 Å². The number of benzene rings is 1. The molecule has 0 aliphatic heterocycles. The van der Waals surface area contributed by atoms with Gasteiger partial charge in [0, 0.05) is 6.54 Å². The molecular weight excluding hydrogens is 296 g/mol. The summed E-state index contributed by atoms with van der Waals surface area (Å²) in [6.45, 7) is 1.75. The lowest BCUT2D eigenvalue weighted by Crippen LogP contribution is -2.45. The molecule has 0 unspecified atom stereocenters. The minimum atomic E-state index is -1.37. The first-order chi connectivity index (χ1) is 11.0. The highest BCUT2D eigenvalue weighted by atomic mass is 16.4. The van der Waals surface area contributed by atoms with Crippen LogP contribution in [-0.4, -0.2) is 30.0 Å². The van der Waals surface area contributed by atoms with Gasteiger partial charge in [0.1, 0.15) is 11.4 Å². The number of hydrogen-bond donors (Lipinski definition) is 3. The van der Waals surface area contributed by atoms with Crippen LogP contribution in [0.25, 0.3) is 0 Å². The third-order valence-electron chi connectivity index (χ3n) is 3.39. The molecule has 6 nitrogen and oxygen atoms in total. The van der Waals surface area contributed by atoms with Gasteiger partial charge >= 0.3 is 11.8 Å². The van der Waals surface area contributed by atoms with E-state index in [2.05, 4.69) is 10.6 Å². The van der Waals surface area contributed by atoms with Crippen molar-refractivity contribution in [1.29, 1.82) is 0 Å². The molecule has 2 aromatic rings. The Balaban J connectivity index is 1.74. The molecule has 122 valence electrons. The van der Waals surface area contributed by atoms with Gasteiger partial charge in [0.25, 0.3) is 0 Å². The summed E-state index contributed by atoms with van der Waals surface area (Å²) < 4.78 is 5.10. The van der Waals surface area contributed by atoms with Gasteiger partial charge in [-0.25, -0.2) is 0 Å². The molecule has 0 radical (unpaired) electrons. The molecule has 6 heteroatoms. The van der Waals surface area contributed by atoms with E-state index in [0.29, 0.717) is 18.7 Å². The smallest absolute Gasteiger partial charge is 0.309 e. The van der Waals surface area contributed by atoms with Crippen molar-refractivity contribution in [2.24, 2.45) is 0 Å². The Labute approximate surface area is 134 Å². The molecule has 23 heavy (non-hydrogen) atoms. The van der Waals surface area contributed by atoms with Crippen LogP contribution in [-0.2, 0) is 21.6 Å². The van der Waals surface area contributed by atoms with Crippen LogP contribution in [0, 0.1) is 0 Å². The summed E-state index contributed by atoms with van der Waals surface area (Å²) in [5.41, 5.74) is -0.294. The molecule has 1 heterocycles. The average molecular weight is 316 g/mol. The topological polar surface area (TPSA) is 91.6 Å². The maximum absolute atomic E-state index is 11.7. The van der Waals surface area contributed by atoms with Crippen molar-refractivity contribution in [3.63, 3.8) is 0 Å². The summed E-state index contributed by atoms with van der Waals surface area (Å²) in [6, 6.07) is 12.9. The molecule has 1 atom stereocenters. The number of rotatable bonds is 6. The lowest BCUT2D eigenvalue weighted by molar-refractivity contribution is -0.139. The molecule has 2 amide bonds. The highest BCUT2D eigenvalue weighted by Crippen LogP contribution is 2.19. The normalized spacial score (nSPS) is 13.1. The molecule has 0 spiro atoms. The van der Waals surface area contributed by atoms with Gasteiger partial charge in [0.15, 0.2) is 0 Å².